The number of aromatic nitrogens is 1. The zero-order valence-electron chi connectivity index (χ0n) is 12.0. The van der Waals surface area contributed by atoms with Gasteiger partial charge in [-0.25, -0.2) is 0 Å². The van der Waals surface area contributed by atoms with Gasteiger partial charge < -0.3 is 0 Å². The van der Waals surface area contributed by atoms with E-state index in [2.05, 4.69) is 23.2 Å². The number of nitrogens with zero attached hydrogens (tertiary/aromatic N) is 1. The SMILES string of the molecule is O=CC(=Cc1ccccc1-c1ccccc1)c1cccnc1. The number of carbonyl (C=O) groups excluding carboxylic acids is 1. The van der Waals surface area contributed by atoms with Gasteiger partial charge in [0.05, 0.1) is 0 Å². The summed E-state index contributed by atoms with van der Waals surface area (Å²) in [5.41, 5.74) is 4.69. The molecule has 0 aliphatic rings. The summed E-state index contributed by atoms with van der Waals surface area (Å²) in [7, 11) is 0. The summed E-state index contributed by atoms with van der Waals surface area (Å²) in [6.45, 7) is 0. The van der Waals surface area contributed by atoms with Crippen LogP contribution >= 0.6 is 0 Å². The van der Waals surface area contributed by atoms with Gasteiger partial charge in [-0.2, -0.15) is 0 Å². The standard InChI is InChI=1S/C20H15NO/c22-15-19(18-10-6-12-21-14-18)13-17-9-4-5-11-20(17)16-7-2-1-3-8-16/h1-15H. The lowest BCUT2D eigenvalue weighted by Crippen LogP contribution is -1.89. The van der Waals surface area contributed by atoms with Crippen LogP contribution in [0.5, 0.6) is 0 Å². The minimum atomic E-state index is 0.622. The molecule has 22 heavy (non-hydrogen) atoms. The summed E-state index contributed by atoms with van der Waals surface area (Å²) in [4.78, 5) is 15.5. The highest BCUT2D eigenvalue weighted by Gasteiger charge is 2.05. The average molecular weight is 285 g/mol. The average Bonchev–Trinajstić information content (AvgIpc) is 2.61. The van der Waals surface area contributed by atoms with Crippen LogP contribution in [-0.4, -0.2) is 11.3 Å². The van der Waals surface area contributed by atoms with Crippen LogP contribution in [0.3, 0.4) is 0 Å². The zero-order chi connectivity index (χ0) is 15.2. The van der Waals surface area contributed by atoms with Gasteiger partial charge in [0.25, 0.3) is 0 Å². The Hall–Kier alpha value is -3.00. The predicted octanol–water partition coefficient (Wildman–Crippen LogP) is 4.49. The predicted molar refractivity (Wildman–Crippen MR) is 90.1 cm³/mol. The monoisotopic (exact) mass is 285 g/mol. The van der Waals surface area contributed by atoms with E-state index in [1.54, 1.807) is 12.4 Å². The first-order chi connectivity index (χ1) is 10.9. The van der Waals surface area contributed by atoms with Crippen molar-refractivity contribution in [1.29, 1.82) is 0 Å². The third-order valence-corrected chi connectivity index (χ3v) is 3.48. The van der Waals surface area contributed by atoms with Crippen molar-refractivity contribution >= 4 is 17.9 Å². The second kappa shape index (κ2) is 6.64. The third-order valence-electron chi connectivity index (χ3n) is 3.48. The highest BCUT2D eigenvalue weighted by atomic mass is 16.1. The Balaban J connectivity index is 2.09. The topological polar surface area (TPSA) is 30.0 Å². The molecule has 2 heteroatoms. The molecule has 0 radical (unpaired) electrons. The Kier molecular flexibility index (Phi) is 4.21. The molecule has 1 aromatic heterocycles. The fourth-order valence-electron chi connectivity index (χ4n) is 2.39. The van der Waals surface area contributed by atoms with Crippen molar-refractivity contribution in [2.45, 2.75) is 0 Å². The van der Waals surface area contributed by atoms with Crippen molar-refractivity contribution in [3.8, 4) is 11.1 Å². The maximum absolute atomic E-state index is 11.5. The second-order valence-corrected chi connectivity index (χ2v) is 4.91. The second-order valence-electron chi connectivity index (χ2n) is 4.91. The Bertz CT molecular complexity index is 792. The summed E-state index contributed by atoms with van der Waals surface area (Å²) < 4.78 is 0. The normalized spacial score (nSPS) is 11.2. The molecule has 0 atom stereocenters. The molecule has 0 unspecified atom stereocenters. The van der Waals surface area contributed by atoms with Crippen LogP contribution in [0.4, 0.5) is 0 Å². The Labute approximate surface area is 129 Å². The number of carbonyl (C=O) groups is 1. The van der Waals surface area contributed by atoms with E-state index in [-0.39, 0.29) is 0 Å². The quantitative estimate of drug-likeness (QED) is 0.522. The van der Waals surface area contributed by atoms with Crippen LogP contribution in [0.2, 0.25) is 0 Å². The van der Waals surface area contributed by atoms with Crippen molar-refractivity contribution in [3.63, 3.8) is 0 Å². The van der Waals surface area contributed by atoms with Crippen LogP contribution < -0.4 is 0 Å². The summed E-state index contributed by atoms with van der Waals surface area (Å²) in [5, 5.41) is 0. The van der Waals surface area contributed by atoms with E-state index < -0.39 is 0 Å². The third kappa shape index (κ3) is 3.01. The summed E-state index contributed by atoms with van der Waals surface area (Å²) >= 11 is 0. The van der Waals surface area contributed by atoms with Crippen molar-refractivity contribution < 1.29 is 4.79 Å². The molecular weight excluding hydrogens is 270 g/mol. The smallest absolute Gasteiger partial charge is 0.150 e. The Morgan fingerprint density at radius 3 is 2.36 bits per heavy atom. The van der Waals surface area contributed by atoms with Gasteiger partial charge in [0.1, 0.15) is 0 Å². The minimum absolute atomic E-state index is 0.622. The van der Waals surface area contributed by atoms with Gasteiger partial charge in [-0.1, -0.05) is 60.7 Å². The van der Waals surface area contributed by atoms with E-state index in [4.69, 9.17) is 0 Å². The van der Waals surface area contributed by atoms with Crippen LogP contribution in [0.25, 0.3) is 22.8 Å². The van der Waals surface area contributed by atoms with E-state index in [1.807, 2.05) is 54.6 Å². The summed E-state index contributed by atoms with van der Waals surface area (Å²) in [6.07, 6.45) is 6.18. The Morgan fingerprint density at radius 1 is 0.864 bits per heavy atom. The van der Waals surface area contributed by atoms with Crippen molar-refractivity contribution in [2.24, 2.45) is 0 Å². The molecule has 3 rings (SSSR count). The van der Waals surface area contributed by atoms with Gasteiger partial charge >= 0.3 is 0 Å². The number of pyridine rings is 1. The van der Waals surface area contributed by atoms with Crippen LogP contribution in [-0.2, 0) is 4.79 Å². The Morgan fingerprint density at radius 2 is 1.64 bits per heavy atom. The molecule has 0 spiro atoms. The fourth-order valence-corrected chi connectivity index (χ4v) is 2.39. The summed E-state index contributed by atoms with van der Waals surface area (Å²) in [6, 6.07) is 21.9. The van der Waals surface area contributed by atoms with Gasteiger partial charge in [-0.05, 0) is 28.8 Å². The molecule has 0 saturated carbocycles. The van der Waals surface area contributed by atoms with E-state index in [9.17, 15) is 4.79 Å². The summed E-state index contributed by atoms with van der Waals surface area (Å²) in [5.74, 6) is 0. The number of hydrogen-bond acceptors (Lipinski definition) is 2. The van der Waals surface area contributed by atoms with Crippen molar-refractivity contribution in [1.82, 2.24) is 4.98 Å². The van der Waals surface area contributed by atoms with Crippen LogP contribution in [0.15, 0.2) is 79.1 Å². The van der Waals surface area contributed by atoms with E-state index in [0.29, 0.717) is 5.57 Å². The zero-order valence-corrected chi connectivity index (χ0v) is 12.0. The number of aldehydes is 1. The highest BCUT2D eigenvalue weighted by Crippen LogP contribution is 2.26. The maximum Gasteiger partial charge on any atom is 0.150 e. The van der Waals surface area contributed by atoms with E-state index in [1.165, 1.54) is 0 Å². The molecule has 3 aromatic rings. The fraction of sp³-hybridized carbons (Fsp3) is 0. The largest absolute Gasteiger partial charge is 0.298 e. The molecule has 0 aliphatic heterocycles. The van der Waals surface area contributed by atoms with E-state index in [0.717, 1.165) is 28.5 Å². The molecular formula is C20H15NO. The lowest BCUT2D eigenvalue weighted by molar-refractivity contribution is -0.103. The van der Waals surface area contributed by atoms with Crippen molar-refractivity contribution in [3.05, 3.63) is 90.3 Å². The number of benzene rings is 2. The van der Waals surface area contributed by atoms with Gasteiger partial charge in [-0.3, -0.25) is 9.78 Å². The number of rotatable bonds is 4. The van der Waals surface area contributed by atoms with Gasteiger partial charge in [0.15, 0.2) is 6.29 Å². The first kappa shape index (κ1) is 14.0. The molecule has 0 fully saturated rings. The molecule has 0 aliphatic carbocycles. The molecule has 1 heterocycles. The van der Waals surface area contributed by atoms with E-state index >= 15 is 0 Å². The molecule has 0 bridgehead atoms. The maximum atomic E-state index is 11.5. The van der Waals surface area contributed by atoms with Crippen molar-refractivity contribution in [2.75, 3.05) is 0 Å². The molecule has 0 N–H and O–H groups in total. The van der Waals surface area contributed by atoms with Gasteiger partial charge in [0, 0.05) is 23.5 Å². The minimum Gasteiger partial charge on any atom is -0.298 e. The molecule has 106 valence electrons. The number of allylic oxidation sites excluding steroid dienone is 1. The molecule has 2 aromatic carbocycles. The van der Waals surface area contributed by atoms with Crippen LogP contribution in [0, 0.1) is 0 Å². The first-order valence-electron chi connectivity index (χ1n) is 7.10. The van der Waals surface area contributed by atoms with Crippen LogP contribution in [0.1, 0.15) is 11.1 Å². The lowest BCUT2D eigenvalue weighted by atomic mass is 9.97. The number of hydrogen-bond donors (Lipinski definition) is 0. The van der Waals surface area contributed by atoms with Gasteiger partial charge in [-0.15, -0.1) is 0 Å². The van der Waals surface area contributed by atoms with Gasteiger partial charge in [0.2, 0.25) is 0 Å². The highest BCUT2D eigenvalue weighted by molar-refractivity contribution is 6.13. The molecule has 0 saturated heterocycles. The molecule has 2 nitrogen and oxygen atoms in total. The molecule has 0 amide bonds. The first-order valence-corrected chi connectivity index (χ1v) is 7.10. The lowest BCUT2D eigenvalue weighted by Gasteiger charge is -2.07.